The fourth-order valence-corrected chi connectivity index (χ4v) is 3.42. The minimum atomic E-state index is 0.873. The molecule has 2 nitrogen and oxygen atoms in total. The lowest BCUT2D eigenvalue weighted by molar-refractivity contribution is 0.540. The molecule has 0 spiro atoms. The van der Waals surface area contributed by atoms with E-state index in [2.05, 4.69) is 19.2 Å². The molecule has 0 aromatic carbocycles. The third-order valence-corrected chi connectivity index (χ3v) is 5.34. The summed E-state index contributed by atoms with van der Waals surface area (Å²) in [4.78, 5) is 0. The van der Waals surface area contributed by atoms with Gasteiger partial charge in [-0.05, 0) is 33.0 Å². The second-order valence-corrected chi connectivity index (χ2v) is 8.26. The van der Waals surface area contributed by atoms with Crippen LogP contribution in [0.3, 0.4) is 0 Å². The normalized spacial score (nSPS) is 10.7. The number of nitrogens with two attached hydrogens (primary N) is 1. The Hall–Kier alpha value is -0.0800. The standard InChI is InChI=1S/C15H33N.C10H23N/c1-2-3-4-5-6-7-8-9-10-11-12-13-14-15-16;1-3-4-5-6-7-8-9-10-11-2/h2-16H2,1H3;11H,3-10H2,1-2H3. The molecular weight excluding hydrogens is 328 g/mol. The molecule has 0 unspecified atom stereocenters. The van der Waals surface area contributed by atoms with Gasteiger partial charge in [0, 0.05) is 0 Å². The summed E-state index contributed by atoms with van der Waals surface area (Å²) in [6, 6.07) is 0. The average Bonchev–Trinajstić information content (AvgIpc) is 2.69. The van der Waals surface area contributed by atoms with Crippen LogP contribution in [-0.2, 0) is 0 Å². The molecule has 0 aliphatic carbocycles. The van der Waals surface area contributed by atoms with Gasteiger partial charge < -0.3 is 11.1 Å². The molecule has 0 rings (SSSR count). The van der Waals surface area contributed by atoms with Crippen molar-refractivity contribution in [2.45, 2.75) is 142 Å². The Kier molecular flexibility index (Phi) is 33.1. The zero-order chi connectivity index (χ0) is 20.3. The average molecular weight is 385 g/mol. The van der Waals surface area contributed by atoms with Gasteiger partial charge in [0.05, 0.1) is 0 Å². The van der Waals surface area contributed by atoms with E-state index in [0.717, 1.165) is 6.54 Å². The van der Waals surface area contributed by atoms with E-state index >= 15 is 0 Å². The smallest absolute Gasteiger partial charge is 0.00519 e. The van der Waals surface area contributed by atoms with E-state index in [0.29, 0.717) is 0 Å². The second kappa shape index (κ2) is 30.6. The fraction of sp³-hybridized carbons (Fsp3) is 1.00. The Morgan fingerprint density at radius 2 is 0.741 bits per heavy atom. The molecule has 166 valence electrons. The summed E-state index contributed by atoms with van der Waals surface area (Å²) in [5, 5.41) is 3.17. The van der Waals surface area contributed by atoms with Gasteiger partial charge in [-0.1, -0.05) is 129 Å². The van der Waals surface area contributed by atoms with Crippen molar-refractivity contribution >= 4 is 0 Å². The fourth-order valence-electron chi connectivity index (χ4n) is 3.42. The van der Waals surface area contributed by atoms with Gasteiger partial charge in [0.15, 0.2) is 0 Å². The van der Waals surface area contributed by atoms with Gasteiger partial charge in [-0.3, -0.25) is 0 Å². The third-order valence-electron chi connectivity index (χ3n) is 5.34. The van der Waals surface area contributed by atoms with Crippen LogP contribution in [-0.4, -0.2) is 20.1 Å². The molecule has 3 N–H and O–H groups in total. The Labute approximate surface area is 173 Å². The van der Waals surface area contributed by atoms with Gasteiger partial charge in [-0.15, -0.1) is 0 Å². The molecule has 0 saturated heterocycles. The molecule has 0 aliphatic heterocycles. The molecule has 0 aliphatic rings. The minimum Gasteiger partial charge on any atom is -0.330 e. The molecule has 2 heteroatoms. The topological polar surface area (TPSA) is 38.0 Å². The third kappa shape index (κ3) is 33.9. The van der Waals surface area contributed by atoms with E-state index in [1.54, 1.807) is 0 Å². The van der Waals surface area contributed by atoms with Crippen LogP contribution in [0.25, 0.3) is 0 Å². The predicted octanol–water partition coefficient (Wildman–Crippen LogP) is 7.99. The van der Waals surface area contributed by atoms with Crippen LogP contribution in [0.1, 0.15) is 142 Å². The summed E-state index contributed by atoms with van der Waals surface area (Å²) in [5.41, 5.74) is 5.46. The lowest BCUT2D eigenvalue weighted by Crippen LogP contribution is -2.06. The van der Waals surface area contributed by atoms with Gasteiger partial charge in [-0.25, -0.2) is 0 Å². The monoisotopic (exact) mass is 384 g/mol. The molecule has 0 aromatic rings. The van der Waals surface area contributed by atoms with Crippen LogP contribution >= 0.6 is 0 Å². The minimum absolute atomic E-state index is 0.873. The molecule has 0 aromatic heterocycles. The molecule has 0 radical (unpaired) electrons. The van der Waals surface area contributed by atoms with E-state index in [4.69, 9.17) is 5.73 Å². The van der Waals surface area contributed by atoms with Crippen molar-refractivity contribution in [3.05, 3.63) is 0 Å². The zero-order valence-corrected chi connectivity index (χ0v) is 19.6. The first-order valence-corrected chi connectivity index (χ1v) is 12.7. The first-order chi connectivity index (χ1) is 13.3. The van der Waals surface area contributed by atoms with Crippen molar-refractivity contribution in [2.24, 2.45) is 5.73 Å². The molecule has 27 heavy (non-hydrogen) atoms. The molecule has 0 bridgehead atoms. The summed E-state index contributed by atoms with van der Waals surface area (Å²) in [5.74, 6) is 0. The second-order valence-electron chi connectivity index (χ2n) is 8.26. The van der Waals surface area contributed by atoms with E-state index in [9.17, 15) is 0 Å². The van der Waals surface area contributed by atoms with Crippen molar-refractivity contribution in [1.82, 2.24) is 5.32 Å². The van der Waals surface area contributed by atoms with Gasteiger partial charge in [-0.2, -0.15) is 0 Å². The van der Waals surface area contributed by atoms with Gasteiger partial charge in [0.1, 0.15) is 0 Å². The molecule has 0 heterocycles. The van der Waals surface area contributed by atoms with Crippen molar-refractivity contribution < 1.29 is 0 Å². The Morgan fingerprint density at radius 3 is 1.04 bits per heavy atom. The maximum absolute atomic E-state index is 5.46. The number of hydrogen-bond acceptors (Lipinski definition) is 2. The number of nitrogens with one attached hydrogen (secondary N) is 1. The van der Waals surface area contributed by atoms with E-state index < -0.39 is 0 Å². The van der Waals surface area contributed by atoms with E-state index in [-0.39, 0.29) is 0 Å². The van der Waals surface area contributed by atoms with Gasteiger partial charge in [0.2, 0.25) is 0 Å². The quantitative estimate of drug-likeness (QED) is 0.197. The molecular formula is C25H56N2. The van der Waals surface area contributed by atoms with Crippen molar-refractivity contribution in [3.8, 4) is 0 Å². The summed E-state index contributed by atoms with van der Waals surface area (Å²) in [6.07, 6.45) is 28.2. The molecule has 0 atom stereocenters. The van der Waals surface area contributed by atoms with Gasteiger partial charge >= 0.3 is 0 Å². The molecule has 0 fully saturated rings. The van der Waals surface area contributed by atoms with E-state index in [1.165, 1.54) is 135 Å². The summed E-state index contributed by atoms with van der Waals surface area (Å²) >= 11 is 0. The highest BCUT2D eigenvalue weighted by Crippen LogP contribution is 2.12. The lowest BCUT2D eigenvalue weighted by atomic mass is 10.0. The highest BCUT2D eigenvalue weighted by Gasteiger charge is 1.93. The van der Waals surface area contributed by atoms with Crippen LogP contribution in [0.2, 0.25) is 0 Å². The first-order valence-electron chi connectivity index (χ1n) is 12.7. The Morgan fingerprint density at radius 1 is 0.444 bits per heavy atom. The highest BCUT2D eigenvalue weighted by molar-refractivity contribution is 4.49. The van der Waals surface area contributed by atoms with Crippen LogP contribution in [0.4, 0.5) is 0 Å². The number of hydrogen-bond donors (Lipinski definition) is 2. The van der Waals surface area contributed by atoms with Crippen molar-refractivity contribution in [2.75, 3.05) is 20.1 Å². The van der Waals surface area contributed by atoms with Crippen LogP contribution < -0.4 is 11.1 Å². The van der Waals surface area contributed by atoms with Crippen LogP contribution in [0.5, 0.6) is 0 Å². The zero-order valence-electron chi connectivity index (χ0n) is 19.6. The van der Waals surface area contributed by atoms with Crippen LogP contribution in [0, 0.1) is 0 Å². The summed E-state index contributed by atoms with van der Waals surface area (Å²) in [6.45, 7) is 6.61. The Balaban J connectivity index is 0. The van der Waals surface area contributed by atoms with E-state index in [1.807, 2.05) is 7.05 Å². The predicted molar refractivity (Wildman–Crippen MR) is 127 cm³/mol. The molecule has 0 saturated carbocycles. The first kappa shape index (κ1) is 29.1. The summed E-state index contributed by atoms with van der Waals surface area (Å²) in [7, 11) is 2.02. The lowest BCUT2D eigenvalue weighted by Gasteiger charge is -2.02. The van der Waals surface area contributed by atoms with Crippen LogP contribution in [0.15, 0.2) is 0 Å². The van der Waals surface area contributed by atoms with Crippen molar-refractivity contribution in [3.63, 3.8) is 0 Å². The Bertz CT molecular complexity index is 196. The number of unbranched alkanes of at least 4 members (excludes halogenated alkanes) is 18. The van der Waals surface area contributed by atoms with Crippen molar-refractivity contribution in [1.29, 1.82) is 0 Å². The SMILES string of the molecule is CCCCCCCCCCCCCCCN.CCCCCCCCCNC. The highest BCUT2D eigenvalue weighted by atomic mass is 14.8. The maximum Gasteiger partial charge on any atom is -0.00519 e. The maximum atomic E-state index is 5.46. The van der Waals surface area contributed by atoms with Gasteiger partial charge in [0.25, 0.3) is 0 Å². The summed E-state index contributed by atoms with van der Waals surface area (Å²) < 4.78 is 0. The number of rotatable bonds is 21. The largest absolute Gasteiger partial charge is 0.330 e. The molecule has 0 amide bonds.